The smallest absolute Gasteiger partial charge is 0.331 e. The zero-order valence-electron chi connectivity index (χ0n) is 23.6. The van der Waals surface area contributed by atoms with Crippen molar-refractivity contribution in [1.29, 1.82) is 5.26 Å². The number of carbonyl (C=O) groups is 1. The number of fused-ring (bicyclic) bond motifs is 1. The average molecular weight is 612 g/mol. The maximum atomic E-state index is 13.7. The Labute approximate surface area is 246 Å². The largest absolute Gasteiger partial charge is 0.416 e. The predicted molar refractivity (Wildman–Crippen MR) is 154 cm³/mol. The van der Waals surface area contributed by atoms with E-state index in [4.69, 9.17) is 0 Å². The van der Waals surface area contributed by atoms with Gasteiger partial charge in [0.15, 0.2) is 15.5 Å². The molecule has 2 heterocycles. The third-order valence-electron chi connectivity index (χ3n) is 7.13. The van der Waals surface area contributed by atoms with E-state index in [1.165, 1.54) is 53.8 Å². The fraction of sp³-hybridized carbons (Fsp3) is 0.300. The summed E-state index contributed by atoms with van der Waals surface area (Å²) in [6, 6.07) is 13.8. The molecule has 0 N–H and O–H groups in total. The molecule has 0 aliphatic carbocycles. The Morgan fingerprint density at radius 2 is 1.84 bits per heavy atom. The second-order valence-electron chi connectivity index (χ2n) is 9.97. The van der Waals surface area contributed by atoms with Crippen LogP contribution in [0.3, 0.4) is 0 Å². The fourth-order valence-corrected chi connectivity index (χ4v) is 5.43. The average Bonchev–Trinajstić information content (AvgIpc) is 2.97. The maximum Gasteiger partial charge on any atom is 0.416 e. The van der Waals surface area contributed by atoms with Gasteiger partial charge in [-0.25, -0.2) is 18.4 Å². The Balaban J connectivity index is 1.84. The van der Waals surface area contributed by atoms with E-state index in [9.17, 15) is 36.4 Å². The number of hydrogen-bond acceptors (Lipinski definition) is 7. The second-order valence-corrected chi connectivity index (χ2v) is 12.4. The van der Waals surface area contributed by atoms with Gasteiger partial charge >= 0.3 is 6.18 Å². The Hall–Kier alpha value is -4.57. The molecule has 0 bridgehead atoms. The standard InChI is InChI=1S/C30H28F3N5O4S/c1-4-43(41,42)15-14-37(26(39)17-22-8-7-19(2)25(16-22)30(31,32)33)20(3)28-36-27-24(6-5-13-35-27)29(40)38(28)23-11-9-21(18-34)10-12-23/h5-13,16,20H,4,14-15,17H2,1-3H3/t20-/m1/s1. The van der Waals surface area contributed by atoms with Crippen molar-refractivity contribution < 1.29 is 26.4 Å². The number of sulfone groups is 1. The molecule has 0 radical (unpaired) electrons. The van der Waals surface area contributed by atoms with Crippen LogP contribution in [-0.2, 0) is 27.2 Å². The Morgan fingerprint density at radius 3 is 2.47 bits per heavy atom. The topological polar surface area (TPSA) is 126 Å². The van der Waals surface area contributed by atoms with Crippen molar-refractivity contribution in [3.8, 4) is 11.8 Å². The van der Waals surface area contributed by atoms with E-state index < -0.39 is 51.3 Å². The lowest BCUT2D eigenvalue weighted by molar-refractivity contribution is -0.138. The highest BCUT2D eigenvalue weighted by Gasteiger charge is 2.33. The third kappa shape index (κ3) is 6.91. The van der Waals surface area contributed by atoms with Crippen LogP contribution in [0, 0.1) is 18.3 Å². The predicted octanol–water partition coefficient (Wildman–Crippen LogP) is 4.55. The van der Waals surface area contributed by atoms with Crippen LogP contribution in [0.1, 0.15) is 48.0 Å². The number of hydrogen-bond donors (Lipinski definition) is 0. The minimum atomic E-state index is -4.62. The van der Waals surface area contributed by atoms with Crippen molar-refractivity contribution >= 4 is 26.8 Å². The summed E-state index contributed by atoms with van der Waals surface area (Å²) in [6.45, 7) is 4.05. The maximum absolute atomic E-state index is 13.7. The van der Waals surface area contributed by atoms with E-state index in [1.807, 2.05) is 6.07 Å². The molecule has 43 heavy (non-hydrogen) atoms. The lowest BCUT2D eigenvalue weighted by Crippen LogP contribution is -2.41. The monoisotopic (exact) mass is 611 g/mol. The first-order chi connectivity index (χ1) is 20.3. The van der Waals surface area contributed by atoms with Crippen molar-refractivity contribution in [3.63, 3.8) is 0 Å². The highest BCUT2D eigenvalue weighted by Crippen LogP contribution is 2.33. The molecule has 13 heteroatoms. The van der Waals surface area contributed by atoms with Gasteiger partial charge in [0.05, 0.1) is 46.5 Å². The summed E-state index contributed by atoms with van der Waals surface area (Å²) in [5.41, 5.74) is -0.500. The number of alkyl halides is 3. The highest BCUT2D eigenvalue weighted by atomic mass is 32.2. The van der Waals surface area contributed by atoms with Crippen molar-refractivity contribution in [3.05, 3.63) is 99.2 Å². The summed E-state index contributed by atoms with van der Waals surface area (Å²) in [7, 11) is -3.56. The number of carbonyl (C=O) groups excluding carboxylic acids is 1. The van der Waals surface area contributed by atoms with Gasteiger partial charge in [-0.1, -0.05) is 19.1 Å². The van der Waals surface area contributed by atoms with E-state index in [0.29, 0.717) is 11.3 Å². The van der Waals surface area contributed by atoms with Gasteiger partial charge in [-0.3, -0.25) is 14.2 Å². The lowest BCUT2D eigenvalue weighted by Gasteiger charge is -2.30. The van der Waals surface area contributed by atoms with Crippen molar-refractivity contribution in [1.82, 2.24) is 19.4 Å². The molecule has 224 valence electrons. The van der Waals surface area contributed by atoms with Crippen LogP contribution in [0.4, 0.5) is 13.2 Å². The van der Waals surface area contributed by atoms with Crippen LogP contribution in [0.2, 0.25) is 0 Å². The van der Waals surface area contributed by atoms with Crippen LogP contribution in [0.15, 0.2) is 65.6 Å². The summed E-state index contributed by atoms with van der Waals surface area (Å²) < 4.78 is 66.8. The molecule has 0 fully saturated rings. The van der Waals surface area contributed by atoms with Crippen LogP contribution in [0.25, 0.3) is 16.7 Å². The van der Waals surface area contributed by atoms with Crippen molar-refractivity contribution in [2.24, 2.45) is 0 Å². The van der Waals surface area contributed by atoms with Gasteiger partial charge in [0.25, 0.3) is 5.56 Å². The number of rotatable bonds is 9. The number of nitrogens with zero attached hydrogens (tertiary/aromatic N) is 5. The number of pyridine rings is 1. The van der Waals surface area contributed by atoms with Crippen LogP contribution in [-0.4, -0.2) is 51.8 Å². The van der Waals surface area contributed by atoms with E-state index in [2.05, 4.69) is 9.97 Å². The molecule has 4 aromatic rings. The minimum Gasteiger partial charge on any atom is -0.331 e. The molecule has 0 aliphatic rings. The summed E-state index contributed by atoms with van der Waals surface area (Å²) in [6.07, 6.45) is -3.63. The first-order valence-electron chi connectivity index (χ1n) is 13.3. The first-order valence-corrected chi connectivity index (χ1v) is 15.1. The fourth-order valence-electron chi connectivity index (χ4n) is 4.67. The van der Waals surface area contributed by atoms with E-state index >= 15 is 0 Å². The lowest BCUT2D eigenvalue weighted by atomic mass is 10.0. The number of aryl methyl sites for hydroxylation is 1. The van der Waals surface area contributed by atoms with Gasteiger partial charge < -0.3 is 4.90 Å². The normalized spacial score (nSPS) is 12.6. The number of aromatic nitrogens is 3. The molecular weight excluding hydrogens is 583 g/mol. The van der Waals surface area contributed by atoms with Crippen molar-refractivity contribution in [2.75, 3.05) is 18.1 Å². The van der Waals surface area contributed by atoms with E-state index in [0.717, 1.165) is 6.07 Å². The zero-order valence-corrected chi connectivity index (χ0v) is 24.4. The summed E-state index contributed by atoms with van der Waals surface area (Å²) in [5, 5.41) is 9.41. The van der Waals surface area contributed by atoms with Gasteiger partial charge in [-0.2, -0.15) is 18.4 Å². The molecule has 0 aliphatic heterocycles. The molecule has 0 saturated carbocycles. The molecular formula is C30H28F3N5O4S. The number of amides is 1. The number of halogens is 3. The Kier molecular flexibility index (Phi) is 9.01. The molecule has 0 spiro atoms. The molecule has 9 nitrogen and oxygen atoms in total. The quantitative estimate of drug-likeness (QED) is 0.272. The summed E-state index contributed by atoms with van der Waals surface area (Å²) in [4.78, 5) is 37.4. The van der Waals surface area contributed by atoms with Gasteiger partial charge in [0.1, 0.15) is 5.82 Å². The third-order valence-corrected chi connectivity index (χ3v) is 8.82. The summed E-state index contributed by atoms with van der Waals surface area (Å²) >= 11 is 0. The molecule has 2 aromatic carbocycles. The number of benzene rings is 2. The van der Waals surface area contributed by atoms with Crippen LogP contribution >= 0.6 is 0 Å². The van der Waals surface area contributed by atoms with E-state index in [1.54, 1.807) is 31.2 Å². The zero-order chi connectivity index (χ0) is 31.5. The second kappa shape index (κ2) is 12.3. The Bertz CT molecular complexity index is 1880. The highest BCUT2D eigenvalue weighted by molar-refractivity contribution is 7.91. The molecule has 2 aromatic heterocycles. The van der Waals surface area contributed by atoms with Gasteiger partial charge in [-0.15, -0.1) is 0 Å². The molecule has 4 rings (SSSR count). The van der Waals surface area contributed by atoms with Gasteiger partial charge in [0.2, 0.25) is 5.91 Å². The van der Waals surface area contributed by atoms with Crippen LogP contribution < -0.4 is 5.56 Å². The summed E-state index contributed by atoms with van der Waals surface area (Å²) in [5.74, 6) is -1.18. The molecule has 0 unspecified atom stereocenters. The number of nitriles is 1. The Morgan fingerprint density at radius 1 is 1.14 bits per heavy atom. The van der Waals surface area contributed by atoms with Gasteiger partial charge in [-0.05, 0) is 67.4 Å². The molecule has 0 saturated heterocycles. The minimum absolute atomic E-state index is 0.00209. The van der Waals surface area contributed by atoms with Crippen LogP contribution in [0.5, 0.6) is 0 Å². The van der Waals surface area contributed by atoms with Gasteiger partial charge in [0, 0.05) is 18.5 Å². The molecule has 1 atom stereocenters. The SMILES string of the molecule is CCS(=O)(=O)CCN(C(=O)Cc1ccc(C)c(C(F)(F)F)c1)[C@H](C)c1nc2ncccc2c(=O)n1-c1ccc(C#N)cc1. The first kappa shape index (κ1) is 31.4. The molecule has 1 amide bonds. The van der Waals surface area contributed by atoms with Crippen molar-refractivity contribution in [2.45, 2.75) is 39.4 Å². The van der Waals surface area contributed by atoms with E-state index in [-0.39, 0.29) is 40.3 Å².